The Balaban J connectivity index is 3.25. The first-order chi connectivity index (χ1) is 9.58. The Kier molecular flexibility index (Phi) is 6.50. The Hall–Kier alpha value is -1.06. The van der Waals surface area contributed by atoms with Gasteiger partial charge in [0.25, 0.3) is 0 Å². The maximum Gasteiger partial charge on any atom is 0.119 e. The molecule has 1 atom stereocenters. The summed E-state index contributed by atoms with van der Waals surface area (Å²) in [6.45, 7) is 9.57. The van der Waals surface area contributed by atoms with E-state index in [4.69, 9.17) is 9.47 Å². The van der Waals surface area contributed by atoms with Crippen LogP contribution in [0.5, 0.6) is 5.75 Å². The predicted molar refractivity (Wildman–Crippen MR) is 84.5 cm³/mol. The molecule has 0 bridgehead atoms. The van der Waals surface area contributed by atoms with E-state index < -0.39 is 0 Å². The van der Waals surface area contributed by atoms with Crippen molar-refractivity contribution in [3.8, 4) is 5.75 Å². The van der Waals surface area contributed by atoms with Crippen molar-refractivity contribution < 1.29 is 9.47 Å². The highest BCUT2D eigenvalue weighted by atomic mass is 16.5. The van der Waals surface area contributed by atoms with Crippen LogP contribution < -0.4 is 10.1 Å². The molecule has 0 heterocycles. The minimum atomic E-state index is -0.171. The predicted octanol–water partition coefficient (Wildman–Crippen LogP) is 3.86. The van der Waals surface area contributed by atoms with Gasteiger partial charge in [-0.1, -0.05) is 26.8 Å². The Morgan fingerprint density at radius 1 is 1.15 bits per heavy atom. The van der Waals surface area contributed by atoms with Crippen molar-refractivity contribution in [1.82, 2.24) is 5.32 Å². The summed E-state index contributed by atoms with van der Waals surface area (Å²) >= 11 is 0. The van der Waals surface area contributed by atoms with E-state index in [2.05, 4.69) is 45.1 Å². The summed E-state index contributed by atoms with van der Waals surface area (Å²) in [5.41, 5.74) is 2.35. The third-order valence-electron chi connectivity index (χ3n) is 4.33. The molecular formula is C17H29NO2. The molecule has 3 heteroatoms. The van der Waals surface area contributed by atoms with E-state index in [9.17, 15) is 0 Å². The van der Waals surface area contributed by atoms with Gasteiger partial charge in [-0.05, 0) is 49.6 Å². The molecule has 0 aliphatic rings. The van der Waals surface area contributed by atoms with E-state index >= 15 is 0 Å². The third kappa shape index (κ3) is 3.33. The van der Waals surface area contributed by atoms with Gasteiger partial charge >= 0.3 is 0 Å². The van der Waals surface area contributed by atoms with Gasteiger partial charge < -0.3 is 14.8 Å². The Morgan fingerprint density at radius 3 is 2.20 bits per heavy atom. The summed E-state index contributed by atoms with van der Waals surface area (Å²) in [7, 11) is 3.52. The SMILES string of the molecule is CCNC(c1ccc(OC)cc1C)C(CC)(CC)OC. The zero-order chi connectivity index (χ0) is 15.2. The maximum atomic E-state index is 5.92. The molecular weight excluding hydrogens is 250 g/mol. The fraction of sp³-hybridized carbons (Fsp3) is 0.647. The highest BCUT2D eigenvalue weighted by Crippen LogP contribution is 2.37. The van der Waals surface area contributed by atoms with E-state index in [1.54, 1.807) is 7.11 Å². The molecule has 0 aromatic heterocycles. The van der Waals surface area contributed by atoms with Crippen molar-refractivity contribution in [3.05, 3.63) is 29.3 Å². The van der Waals surface area contributed by atoms with Crippen molar-refractivity contribution in [2.45, 2.75) is 52.2 Å². The molecule has 114 valence electrons. The first-order valence-corrected chi connectivity index (χ1v) is 7.51. The lowest BCUT2D eigenvalue weighted by Crippen LogP contribution is -2.45. The summed E-state index contributed by atoms with van der Waals surface area (Å²) in [5.74, 6) is 0.900. The van der Waals surface area contributed by atoms with E-state index in [0.717, 1.165) is 25.1 Å². The monoisotopic (exact) mass is 279 g/mol. The van der Waals surface area contributed by atoms with Crippen molar-refractivity contribution >= 4 is 0 Å². The van der Waals surface area contributed by atoms with Crippen molar-refractivity contribution in [2.75, 3.05) is 20.8 Å². The van der Waals surface area contributed by atoms with Crippen LogP contribution in [-0.4, -0.2) is 26.4 Å². The van der Waals surface area contributed by atoms with E-state index in [1.165, 1.54) is 11.1 Å². The molecule has 0 aliphatic carbocycles. The zero-order valence-electron chi connectivity index (χ0n) is 13.7. The van der Waals surface area contributed by atoms with Crippen molar-refractivity contribution in [1.29, 1.82) is 0 Å². The average molecular weight is 279 g/mol. The van der Waals surface area contributed by atoms with Crippen LogP contribution in [0.15, 0.2) is 18.2 Å². The zero-order valence-corrected chi connectivity index (χ0v) is 13.7. The topological polar surface area (TPSA) is 30.5 Å². The van der Waals surface area contributed by atoms with Gasteiger partial charge in [0.15, 0.2) is 0 Å². The number of aryl methyl sites for hydroxylation is 1. The maximum absolute atomic E-state index is 5.92. The standard InChI is InChI=1S/C17H29NO2/c1-7-17(8-2,20-6)16(18-9-3)15-11-10-14(19-5)12-13(15)4/h10-12,16,18H,7-9H2,1-6H3. The fourth-order valence-electron chi connectivity index (χ4n) is 2.95. The molecule has 1 aromatic rings. The molecule has 0 fully saturated rings. The lowest BCUT2D eigenvalue weighted by atomic mass is 9.82. The second-order valence-electron chi connectivity index (χ2n) is 5.19. The largest absolute Gasteiger partial charge is 0.497 e. The summed E-state index contributed by atoms with van der Waals surface area (Å²) in [5, 5.41) is 3.61. The third-order valence-corrected chi connectivity index (χ3v) is 4.33. The molecule has 0 saturated heterocycles. The van der Waals surface area contributed by atoms with Gasteiger partial charge in [-0.15, -0.1) is 0 Å². The molecule has 0 amide bonds. The van der Waals surface area contributed by atoms with Crippen LogP contribution in [0.2, 0.25) is 0 Å². The second kappa shape index (κ2) is 7.65. The smallest absolute Gasteiger partial charge is 0.119 e. The lowest BCUT2D eigenvalue weighted by molar-refractivity contribution is -0.0483. The molecule has 0 saturated carbocycles. The lowest BCUT2D eigenvalue weighted by Gasteiger charge is -2.40. The first-order valence-electron chi connectivity index (χ1n) is 7.51. The summed E-state index contributed by atoms with van der Waals surface area (Å²) in [6, 6.07) is 6.46. The number of ether oxygens (including phenoxy) is 2. The number of likely N-dealkylation sites (N-methyl/N-ethyl adjacent to an activating group) is 1. The number of nitrogens with one attached hydrogen (secondary N) is 1. The first kappa shape index (κ1) is 17.0. The van der Waals surface area contributed by atoms with E-state index in [-0.39, 0.29) is 11.6 Å². The number of hydrogen-bond acceptors (Lipinski definition) is 3. The molecule has 3 nitrogen and oxygen atoms in total. The van der Waals surface area contributed by atoms with Crippen molar-refractivity contribution in [2.24, 2.45) is 0 Å². The molecule has 0 aliphatic heterocycles. The van der Waals surface area contributed by atoms with Gasteiger partial charge in [0, 0.05) is 7.11 Å². The van der Waals surface area contributed by atoms with Gasteiger partial charge in [0.2, 0.25) is 0 Å². The van der Waals surface area contributed by atoms with E-state index in [0.29, 0.717) is 0 Å². The number of methoxy groups -OCH3 is 2. The van der Waals surface area contributed by atoms with Crippen LogP contribution in [0.4, 0.5) is 0 Å². The van der Waals surface area contributed by atoms with Gasteiger partial charge in [-0.2, -0.15) is 0 Å². The van der Waals surface area contributed by atoms with Crippen LogP contribution in [0.25, 0.3) is 0 Å². The molecule has 1 N–H and O–H groups in total. The van der Waals surface area contributed by atoms with Crippen LogP contribution >= 0.6 is 0 Å². The molecule has 1 unspecified atom stereocenters. The normalized spacial score (nSPS) is 13.3. The van der Waals surface area contributed by atoms with E-state index in [1.807, 2.05) is 13.2 Å². The molecule has 1 aromatic carbocycles. The van der Waals surface area contributed by atoms with Crippen LogP contribution in [-0.2, 0) is 4.74 Å². The molecule has 20 heavy (non-hydrogen) atoms. The highest BCUT2D eigenvalue weighted by Gasteiger charge is 2.37. The molecule has 0 radical (unpaired) electrons. The Labute approximate surface area is 123 Å². The number of rotatable bonds is 8. The highest BCUT2D eigenvalue weighted by molar-refractivity contribution is 5.38. The number of benzene rings is 1. The Morgan fingerprint density at radius 2 is 1.80 bits per heavy atom. The fourth-order valence-corrected chi connectivity index (χ4v) is 2.95. The van der Waals surface area contributed by atoms with Gasteiger partial charge in [0.05, 0.1) is 18.8 Å². The second-order valence-corrected chi connectivity index (χ2v) is 5.19. The Bertz CT molecular complexity index is 405. The quantitative estimate of drug-likeness (QED) is 0.784. The summed E-state index contributed by atoms with van der Waals surface area (Å²) in [6.07, 6.45) is 1.95. The summed E-state index contributed by atoms with van der Waals surface area (Å²) < 4.78 is 11.2. The van der Waals surface area contributed by atoms with Crippen LogP contribution in [0.1, 0.15) is 50.8 Å². The summed E-state index contributed by atoms with van der Waals surface area (Å²) in [4.78, 5) is 0. The molecule has 0 spiro atoms. The van der Waals surface area contributed by atoms with Gasteiger partial charge in [0.1, 0.15) is 5.75 Å². The van der Waals surface area contributed by atoms with Crippen LogP contribution in [0, 0.1) is 6.92 Å². The van der Waals surface area contributed by atoms with Crippen molar-refractivity contribution in [3.63, 3.8) is 0 Å². The van der Waals surface area contributed by atoms with Crippen LogP contribution in [0.3, 0.4) is 0 Å². The minimum absolute atomic E-state index is 0.171. The van der Waals surface area contributed by atoms with Gasteiger partial charge in [-0.3, -0.25) is 0 Å². The molecule has 1 rings (SSSR count). The average Bonchev–Trinajstić information content (AvgIpc) is 2.48. The van der Waals surface area contributed by atoms with Gasteiger partial charge in [-0.25, -0.2) is 0 Å². The minimum Gasteiger partial charge on any atom is -0.497 e. The number of hydrogen-bond donors (Lipinski definition) is 1.